The first-order valence-electron chi connectivity index (χ1n) is 6.88. The maximum Gasteiger partial charge on any atom is 0.120 e. The molecule has 0 saturated heterocycles. The summed E-state index contributed by atoms with van der Waals surface area (Å²) in [5, 5.41) is 0. The van der Waals surface area contributed by atoms with E-state index in [4.69, 9.17) is 10.5 Å². The smallest absolute Gasteiger partial charge is 0.120 e. The summed E-state index contributed by atoms with van der Waals surface area (Å²) >= 11 is 0. The third-order valence-corrected chi connectivity index (χ3v) is 3.77. The van der Waals surface area contributed by atoms with Gasteiger partial charge in [0, 0.05) is 17.3 Å². The molecule has 19 heavy (non-hydrogen) atoms. The van der Waals surface area contributed by atoms with Crippen LogP contribution in [0, 0.1) is 10.8 Å². The number of anilines is 1. The molecule has 0 atom stereocenters. The van der Waals surface area contributed by atoms with Crippen LogP contribution in [0.25, 0.3) is 5.57 Å². The van der Waals surface area contributed by atoms with Crippen LogP contribution < -0.4 is 10.5 Å². The molecular weight excluding hydrogens is 234 g/mol. The number of nitrogens with two attached hydrogens (primary N) is 1. The molecule has 1 aromatic carbocycles. The van der Waals surface area contributed by atoms with E-state index in [2.05, 4.69) is 39.8 Å². The molecule has 0 saturated carbocycles. The summed E-state index contributed by atoms with van der Waals surface area (Å²) in [5.41, 5.74) is 10.1. The van der Waals surface area contributed by atoms with Crippen molar-refractivity contribution < 1.29 is 4.74 Å². The molecule has 104 valence electrons. The number of ether oxygens (including phenoxy) is 1. The van der Waals surface area contributed by atoms with Crippen LogP contribution in [0.15, 0.2) is 24.3 Å². The van der Waals surface area contributed by atoms with E-state index in [1.807, 2.05) is 12.1 Å². The number of allylic oxidation sites excluding steroid dienone is 2. The third-order valence-electron chi connectivity index (χ3n) is 3.77. The van der Waals surface area contributed by atoms with Gasteiger partial charge in [-0.1, -0.05) is 33.8 Å². The highest BCUT2D eigenvalue weighted by atomic mass is 16.5. The molecule has 0 spiro atoms. The first-order chi connectivity index (χ1) is 8.72. The number of hydrogen-bond acceptors (Lipinski definition) is 2. The van der Waals surface area contributed by atoms with Gasteiger partial charge in [-0.3, -0.25) is 0 Å². The molecule has 0 radical (unpaired) electrons. The van der Waals surface area contributed by atoms with Crippen molar-refractivity contribution in [1.82, 2.24) is 0 Å². The number of methoxy groups -OCH3 is 1. The Labute approximate surface area is 116 Å². The lowest BCUT2D eigenvalue weighted by Crippen LogP contribution is -2.26. The van der Waals surface area contributed by atoms with Gasteiger partial charge < -0.3 is 10.5 Å². The minimum absolute atomic E-state index is 0.226. The molecule has 2 nitrogen and oxygen atoms in total. The number of hydrogen-bond donors (Lipinski definition) is 1. The number of rotatable bonds is 2. The summed E-state index contributed by atoms with van der Waals surface area (Å²) in [5.74, 6) is 0.816. The fourth-order valence-corrected chi connectivity index (χ4v) is 3.52. The maximum absolute atomic E-state index is 6.18. The maximum atomic E-state index is 6.18. The highest BCUT2D eigenvalue weighted by molar-refractivity contribution is 5.77. The highest BCUT2D eigenvalue weighted by Gasteiger charge is 2.33. The summed E-state index contributed by atoms with van der Waals surface area (Å²) in [6.07, 6.45) is 4.67. The zero-order chi connectivity index (χ0) is 14.3. The lowest BCUT2D eigenvalue weighted by molar-refractivity contribution is 0.229. The zero-order valence-corrected chi connectivity index (χ0v) is 12.7. The zero-order valence-electron chi connectivity index (χ0n) is 12.7. The quantitative estimate of drug-likeness (QED) is 0.793. The van der Waals surface area contributed by atoms with Gasteiger partial charge in [0.15, 0.2) is 0 Å². The van der Waals surface area contributed by atoms with Crippen molar-refractivity contribution in [2.75, 3.05) is 12.8 Å². The summed E-state index contributed by atoms with van der Waals surface area (Å²) in [4.78, 5) is 0. The molecule has 0 aromatic heterocycles. The summed E-state index contributed by atoms with van der Waals surface area (Å²) in [6.45, 7) is 9.27. The Balaban J connectivity index is 2.43. The molecule has 2 rings (SSSR count). The lowest BCUT2D eigenvalue weighted by Gasteiger charge is -2.39. The van der Waals surface area contributed by atoms with Gasteiger partial charge in [-0.25, -0.2) is 0 Å². The minimum Gasteiger partial charge on any atom is -0.497 e. The second-order valence-corrected chi connectivity index (χ2v) is 7.13. The van der Waals surface area contributed by atoms with E-state index in [9.17, 15) is 0 Å². The van der Waals surface area contributed by atoms with E-state index in [1.54, 1.807) is 7.11 Å². The molecular formula is C17H25NO. The van der Waals surface area contributed by atoms with Crippen LogP contribution in [0.2, 0.25) is 0 Å². The van der Waals surface area contributed by atoms with Crippen LogP contribution in [-0.2, 0) is 0 Å². The average molecular weight is 259 g/mol. The van der Waals surface area contributed by atoms with Crippen molar-refractivity contribution in [3.8, 4) is 5.75 Å². The van der Waals surface area contributed by atoms with Crippen molar-refractivity contribution in [3.05, 3.63) is 29.8 Å². The van der Waals surface area contributed by atoms with Crippen molar-refractivity contribution in [2.45, 2.75) is 40.5 Å². The molecule has 0 unspecified atom stereocenters. The Bertz CT molecular complexity index is 512. The van der Waals surface area contributed by atoms with Crippen LogP contribution in [0.5, 0.6) is 5.75 Å². The normalized spacial score (nSPS) is 20.8. The Morgan fingerprint density at radius 2 is 1.84 bits per heavy atom. The number of nitrogen functional groups attached to an aromatic ring is 1. The molecule has 2 heteroatoms. The Kier molecular flexibility index (Phi) is 3.38. The topological polar surface area (TPSA) is 35.2 Å². The molecule has 0 amide bonds. The van der Waals surface area contributed by atoms with Crippen molar-refractivity contribution in [2.24, 2.45) is 10.8 Å². The summed E-state index contributed by atoms with van der Waals surface area (Å²) in [6, 6.07) is 5.98. The van der Waals surface area contributed by atoms with Gasteiger partial charge in [0.05, 0.1) is 7.11 Å². The monoisotopic (exact) mass is 259 g/mol. The molecule has 1 aliphatic carbocycles. The van der Waals surface area contributed by atoms with E-state index >= 15 is 0 Å². The molecule has 0 bridgehead atoms. The van der Waals surface area contributed by atoms with Crippen LogP contribution >= 0.6 is 0 Å². The van der Waals surface area contributed by atoms with Gasteiger partial charge in [-0.2, -0.15) is 0 Å². The highest BCUT2D eigenvalue weighted by Crippen LogP contribution is 2.48. The van der Waals surface area contributed by atoms with E-state index < -0.39 is 0 Å². The Morgan fingerprint density at radius 1 is 1.16 bits per heavy atom. The third kappa shape index (κ3) is 3.12. The van der Waals surface area contributed by atoms with E-state index in [0.717, 1.165) is 23.4 Å². The first-order valence-corrected chi connectivity index (χ1v) is 6.88. The van der Waals surface area contributed by atoms with Crippen molar-refractivity contribution >= 4 is 11.3 Å². The Hall–Kier alpha value is -1.44. The van der Waals surface area contributed by atoms with E-state index in [-0.39, 0.29) is 5.41 Å². The van der Waals surface area contributed by atoms with Crippen molar-refractivity contribution in [1.29, 1.82) is 0 Å². The second-order valence-electron chi connectivity index (χ2n) is 7.13. The van der Waals surface area contributed by atoms with Crippen LogP contribution in [-0.4, -0.2) is 7.11 Å². The van der Waals surface area contributed by atoms with Gasteiger partial charge in [0.1, 0.15) is 5.75 Å². The SMILES string of the molecule is COc1ccc(C2=CC(C)(C)CC(C)(C)C2)c(N)c1. The molecule has 1 aliphatic rings. The fraction of sp³-hybridized carbons (Fsp3) is 0.529. The standard InChI is InChI=1S/C17H25NO/c1-16(2)9-12(10-17(3,4)11-16)14-7-6-13(19-5)8-15(14)18/h6-9H,10-11,18H2,1-5H3. The fourth-order valence-electron chi connectivity index (χ4n) is 3.52. The summed E-state index contributed by atoms with van der Waals surface area (Å²) in [7, 11) is 1.67. The Morgan fingerprint density at radius 3 is 2.37 bits per heavy atom. The predicted molar refractivity (Wildman–Crippen MR) is 82.2 cm³/mol. The van der Waals surface area contributed by atoms with Crippen LogP contribution in [0.3, 0.4) is 0 Å². The summed E-state index contributed by atoms with van der Waals surface area (Å²) < 4.78 is 5.22. The van der Waals surface area contributed by atoms with Crippen LogP contribution in [0.1, 0.15) is 46.1 Å². The molecule has 0 aliphatic heterocycles. The van der Waals surface area contributed by atoms with Crippen LogP contribution in [0.4, 0.5) is 5.69 Å². The minimum atomic E-state index is 0.226. The first kappa shape index (κ1) is 14.0. The predicted octanol–water partition coefficient (Wildman–Crippen LogP) is 4.51. The second kappa shape index (κ2) is 4.59. The molecule has 2 N–H and O–H groups in total. The van der Waals surface area contributed by atoms with E-state index in [0.29, 0.717) is 5.41 Å². The average Bonchev–Trinajstić information content (AvgIpc) is 2.24. The van der Waals surface area contributed by atoms with Gasteiger partial charge in [0.25, 0.3) is 0 Å². The molecule has 1 aromatic rings. The lowest BCUT2D eigenvalue weighted by atomic mass is 9.65. The largest absolute Gasteiger partial charge is 0.497 e. The van der Waals surface area contributed by atoms with Gasteiger partial charge >= 0.3 is 0 Å². The van der Waals surface area contributed by atoms with Gasteiger partial charge in [-0.15, -0.1) is 0 Å². The van der Waals surface area contributed by atoms with Gasteiger partial charge in [0.2, 0.25) is 0 Å². The molecule has 0 fully saturated rings. The van der Waals surface area contributed by atoms with Gasteiger partial charge in [-0.05, 0) is 41.4 Å². The van der Waals surface area contributed by atoms with E-state index in [1.165, 1.54) is 12.0 Å². The number of benzene rings is 1. The molecule has 0 heterocycles. The van der Waals surface area contributed by atoms with Crippen molar-refractivity contribution in [3.63, 3.8) is 0 Å².